The second-order valence-corrected chi connectivity index (χ2v) is 7.11. The van der Waals surface area contributed by atoms with Gasteiger partial charge in [0.15, 0.2) is 0 Å². The molecule has 1 N–H and O–H groups in total. The zero-order valence-electron chi connectivity index (χ0n) is 13.7. The van der Waals surface area contributed by atoms with Crippen molar-refractivity contribution in [3.05, 3.63) is 28.8 Å². The number of rotatable bonds is 9. The van der Waals surface area contributed by atoms with E-state index in [0.717, 1.165) is 30.6 Å². The molecule has 21 heavy (non-hydrogen) atoms. The van der Waals surface area contributed by atoms with E-state index in [4.69, 9.17) is 11.6 Å². The maximum absolute atomic E-state index is 6.54. The molecule has 1 aromatic carbocycles. The van der Waals surface area contributed by atoms with Crippen LogP contribution in [0.1, 0.15) is 45.6 Å². The van der Waals surface area contributed by atoms with Gasteiger partial charge in [-0.3, -0.25) is 0 Å². The van der Waals surface area contributed by atoms with Gasteiger partial charge in [0.25, 0.3) is 0 Å². The second kappa shape index (κ2) is 8.05. The highest BCUT2D eigenvalue weighted by molar-refractivity contribution is 6.33. The summed E-state index contributed by atoms with van der Waals surface area (Å²) in [6, 6.07) is 6.54. The summed E-state index contributed by atoms with van der Waals surface area (Å²) in [7, 11) is 0. The summed E-state index contributed by atoms with van der Waals surface area (Å²) < 4.78 is 0. The largest absolute Gasteiger partial charge is 0.370 e. The van der Waals surface area contributed by atoms with E-state index in [0.29, 0.717) is 5.92 Å². The molecular weight excluding hydrogens is 280 g/mol. The van der Waals surface area contributed by atoms with Crippen molar-refractivity contribution in [2.45, 2.75) is 46.6 Å². The Balaban J connectivity index is 1.98. The Hall–Kier alpha value is -0.730. The van der Waals surface area contributed by atoms with Gasteiger partial charge in [0.05, 0.1) is 10.7 Å². The minimum Gasteiger partial charge on any atom is -0.370 e. The summed E-state index contributed by atoms with van der Waals surface area (Å²) in [5.41, 5.74) is 2.48. The average molecular weight is 309 g/mol. The van der Waals surface area contributed by atoms with Crippen LogP contribution < -0.4 is 10.2 Å². The van der Waals surface area contributed by atoms with Gasteiger partial charge in [0.2, 0.25) is 0 Å². The lowest BCUT2D eigenvalue weighted by Crippen LogP contribution is -2.27. The Bertz CT molecular complexity index is 441. The number of halogens is 1. The van der Waals surface area contributed by atoms with Crippen LogP contribution in [-0.4, -0.2) is 19.6 Å². The predicted octanol–water partition coefficient (Wildman–Crippen LogP) is 4.71. The standard InChI is InChI=1S/C18H29ClN2/c1-4-9-21(13-15-5-6-15)18-8-7-16(10-17(18)19)12-20-11-14(2)3/h7-8,10,14-15,20H,4-6,9,11-13H2,1-3H3. The third kappa shape index (κ3) is 5.52. The fourth-order valence-corrected chi connectivity index (χ4v) is 2.94. The average Bonchev–Trinajstić information content (AvgIpc) is 3.22. The summed E-state index contributed by atoms with van der Waals surface area (Å²) >= 11 is 6.54. The Morgan fingerprint density at radius 1 is 1.33 bits per heavy atom. The van der Waals surface area contributed by atoms with Crippen molar-refractivity contribution in [3.63, 3.8) is 0 Å². The third-order valence-corrected chi connectivity index (χ3v) is 4.21. The molecule has 0 bridgehead atoms. The first-order valence-electron chi connectivity index (χ1n) is 8.34. The number of hydrogen-bond donors (Lipinski definition) is 1. The molecule has 0 saturated heterocycles. The number of hydrogen-bond acceptors (Lipinski definition) is 2. The van der Waals surface area contributed by atoms with Crippen molar-refractivity contribution in [2.75, 3.05) is 24.5 Å². The van der Waals surface area contributed by atoms with Crippen molar-refractivity contribution in [1.29, 1.82) is 0 Å². The van der Waals surface area contributed by atoms with E-state index < -0.39 is 0 Å². The molecule has 2 nitrogen and oxygen atoms in total. The Morgan fingerprint density at radius 3 is 2.67 bits per heavy atom. The summed E-state index contributed by atoms with van der Waals surface area (Å²) in [6.07, 6.45) is 3.94. The van der Waals surface area contributed by atoms with Gasteiger partial charge >= 0.3 is 0 Å². The molecule has 2 rings (SSSR count). The van der Waals surface area contributed by atoms with Crippen molar-refractivity contribution in [2.24, 2.45) is 11.8 Å². The molecule has 0 spiro atoms. The van der Waals surface area contributed by atoms with Crippen LogP contribution >= 0.6 is 11.6 Å². The van der Waals surface area contributed by atoms with E-state index in [2.05, 4.69) is 49.2 Å². The lowest BCUT2D eigenvalue weighted by Gasteiger charge is -2.25. The van der Waals surface area contributed by atoms with Gasteiger partial charge < -0.3 is 10.2 Å². The number of benzene rings is 1. The Morgan fingerprint density at radius 2 is 2.10 bits per heavy atom. The molecule has 1 fully saturated rings. The van der Waals surface area contributed by atoms with Gasteiger partial charge in [-0.05, 0) is 55.3 Å². The fraction of sp³-hybridized carbons (Fsp3) is 0.667. The maximum Gasteiger partial charge on any atom is 0.0642 e. The van der Waals surface area contributed by atoms with Gasteiger partial charge in [0.1, 0.15) is 0 Å². The van der Waals surface area contributed by atoms with Crippen molar-refractivity contribution in [3.8, 4) is 0 Å². The lowest BCUT2D eigenvalue weighted by molar-refractivity contribution is 0.552. The summed E-state index contributed by atoms with van der Waals surface area (Å²) in [4.78, 5) is 2.46. The molecule has 0 unspecified atom stereocenters. The quantitative estimate of drug-likeness (QED) is 0.710. The summed E-state index contributed by atoms with van der Waals surface area (Å²) in [6.45, 7) is 10.9. The van der Waals surface area contributed by atoms with E-state index >= 15 is 0 Å². The SMILES string of the molecule is CCCN(CC1CC1)c1ccc(CNCC(C)C)cc1Cl. The lowest BCUT2D eigenvalue weighted by atomic mass is 10.1. The van der Waals surface area contributed by atoms with E-state index in [1.54, 1.807) is 0 Å². The van der Waals surface area contributed by atoms with Gasteiger partial charge in [-0.15, -0.1) is 0 Å². The smallest absolute Gasteiger partial charge is 0.0642 e. The monoisotopic (exact) mass is 308 g/mol. The van der Waals surface area contributed by atoms with Crippen LogP contribution in [0.15, 0.2) is 18.2 Å². The van der Waals surface area contributed by atoms with Crippen molar-refractivity contribution < 1.29 is 0 Å². The van der Waals surface area contributed by atoms with E-state index in [1.165, 1.54) is 37.1 Å². The molecule has 118 valence electrons. The molecule has 1 aliphatic rings. The van der Waals surface area contributed by atoms with E-state index in [9.17, 15) is 0 Å². The van der Waals surface area contributed by atoms with Crippen LogP contribution in [0.5, 0.6) is 0 Å². The van der Waals surface area contributed by atoms with Gasteiger partial charge in [-0.2, -0.15) is 0 Å². The summed E-state index contributed by atoms with van der Waals surface area (Å²) in [5.74, 6) is 1.57. The van der Waals surface area contributed by atoms with Crippen LogP contribution in [-0.2, 0) is 6.54 Å². The molecule has 1 aromatic rings. The van der Waals surface area contributed by atoms with Crippen molar-refractivity contribution >= 4 is 17.3 Å². The molecule has 0 aromatic heterocycles. The van der Waals surface area contributed by atoms with Crippen LogP contribution in [0.3, 0.4) is 0 Å². The van der Waals surface area contributed by atoms with Gasteiger partial charge in [-0.25, -0.2) is 0 Å². The molecule has 1 aliphatic carbocycles. The van der Waals surface area contributed by atoms with Gasteiger partial charge in [-0.1, -0.05) is 38.4 Å². The summed E-state index contributed by atoms with van der Waals surface area (Å²) in [5, 5.41) is 4.37. The molecule has 0 aliphatic heterocycles. The number of nitrogens with one attached hydrogen (secondary N) is 1. The first-order chi connectivity index (χ1) is 10.1. The molecule has 3 heteroatoms. The Labute approximate surface area is 134 Å². The predicted molar refractivity (Wildman–Crippen MR) is 93.2 cm³/mol. The zero-order chi connectivity index (χ0) is 15.2. The molecule has 1 saturated carbocycles. The molecular formula is C18H29ClN2. The van der Waals surface area contributed by atoms with Crippen LogP contribution in [0.2, 0.25) is 5.02 Å². The van der Waals surface area contributed by atoms with E-state index in [1.807, 2.05) is 0 Å². The van der Waals surface area contributed by atoms with Crippen molar-refractivity contribution in [1.82, 2.24) is 5.32 Å². The maximum atomic E-state index is 6.54. The normalized spacial score (nSPS) is 14.7. The van der Waals surface area contributed by atoms with Crippen LogP contribution in [0.4, 0.5) is 5.69 Å². The second-order valence-electron chi connectivity index (χ2n) is 6.70. The highest BCUT2D eigenvalue weighted by Gasteiger charge is 2.25. The highest BCUT2D eigenvalue weighted by atomic mass is 35.5. The molecule has 0 heterocycles. The number of anilines is 1. The van der Waals surface area contributed by atoms with E-state index in [-0.39, 0.29) is 0 Å². The fourth-order valence-electron chi connectivity index (χ4n) is 2.61. The number of nitrogens with zero attached hydrogens (tertiary/aromatic N) is 1. The first kappa shape index (κ1) is 16.6. The van der Waals surface area contributed by atoms with Crippen LogP contribution in [0, 0.1) is 11.8 Å². The Kier molecular flexibility index (Phi) is 6.38. The topological polar surface area (TPSA) is 15.3 Å². The molecule has 0 atom stereocenters. The highest BCUT2D eigenvalue weighted by Crippen LogP contribution is 2.34. The van der Waals surface area contributed by atoms with Crippen LogP contribution in [0.25, 0.3) is 0 Å². The third-order valence-electron chi connectivity index (χ3n) is 3.90. The zero-order valence-corrected chi connectivity index (χ0v) is 14.4. The first-order valence-corrected chi connectivity index (χ1v) is 8.72. The minimum atomic E-state index is 0.679. The molecule has 0 radical (unpaired) electrons. The molecule has 0 amide bonds. The minimum absolute atomic E-state index is 0.679. The van der Waals surface area contributed by atoms with Gasteiger partial charge in [0, 0.05) is 19.6 Å².